The molecule has 28 heavy (non-hydrogen) atoms. The van der Waals surface area contributed by atoms with Gasteiger partial charge in [-0.05, 0) is 6.42 Å². The average molecular weight is 441 g/mol. The highest BCUT2D eigenvalue weighted by Gasteiger charge is 2.20. The number of carbonyl (C=O) groups is 5. The smallest absolute Gasteiger partial charge is 0.323 e. The van der Waals surface area contributed by atoms with Crippen LogP contribution in [0.3, 0.4) is 0 Å². The van der Waals surface area contributed by atoms with Gasteiger partial charge in [-0.15, -0.1) is 0 Å². The standard InChI is InChI=1S/C10H17N3O6S.C4H7NO2S/c11-5(10(18)19)1-2-7(14)13-6(4-20)9(17)12-3-8(15)16;1-3(5)2-4(6)7-8/h5-6,20H,1-4,11H2,(H,12,17)(H,13,14)(H,15,16)(H,18,19);8H,1-2,5H2/t5-,6-;/m0./s1. The molecule has 0 spiro atoms. The maximum absolute atomic E-state index is 11.5. The van der Waals surface area contributed by atoms with Crippen LogP contribution in [0.15, 0.2) is 12.3 Å². The summed E-state index contributed by atoms with van der Waals surface area (Å²) >= 11 is 7.12. The molecule has 0 aromatic rings. The van der Waals surface area contributed by atoms with Crippen LogP contribution in [0.4, 0.5) is 0 Å². The summed E-state index contributed by atoms with van der Waals surface area (Å²) in [5.41, 5.74) is 10.6. The molecule has 160 valence electrons. The molecule has 0 bridgehead atoms. The lowest BCUT2D eigenvalue weighted by Gasteiger charge is -2.16. The van der Waals surface area contributed by atoms with Gasteiger partial charge in [0.2, 0.25) is 11.8 Å². The maximum Gasteiger partial charge on any atom is 0.323 e. The second kappa shape index (κ2) is 15.6. The zero-order chi connectivity index (χ0) is 22.3. The molecule has 0 saturated carbocycles. The Hall–Kier alpha value is -2.45. The van der Waals surface area contributed by atoms with Gasteiger partial charge in [-0.3, -0.25) is 24.0 Å². The summed E-state index contributed by atoms with van der Waals surface area (Å²) in [6.45, 7) is 2.72. The molecule has 2 atom stereocenters. The van der Waals surface area contributed by atoms with Gasteiger partial charge in [0.05, 0.1) is 6.42 Å². The number of nitrogens with two attached hydrogens (primary N) is 2. The number of aliphatic carboxylic acids is 2. The molecule has 0 fully saturated rings. The molecule has 2 amide bonds. The number of nitrogens with one attached hydrogen (secondary N) is 2. The van der Waals surface area contributed by atoms with Crippen LogP contribution >= 0.6 is 25.5 Å². The van der Waals surface area contributed by atoms with Gasteiger partial charge in [0.1, 0.15) is 18.6 Å². The number of carboxylic acid groups (broad SMARTS) is 2. The van der Waals surface area contributed by atoms with E-state index in [4.69, 9.17) is 21.7 Å². The van der Waals surface area contributed by atoms with E-state index in [0.29, 0.717) is 0 Å². The third kappa shape index (κ3) is 15.8. The van der Waals surface area contributed by atoms with Crippen molar-refractivity contribution < 1.29 is 38.4 Å². The molecular formula is C14H24N4O8S2. The van der Waals surface area contributed by atoms with E-state index in [2.05, 4.69) is 46.9 Å². The van der Waals surface area contributed by atoms with Gasteiger partial charge >= 0.3 is 17.9 Å². The highest BCUT2D eigenvalue weighted by molar-refractivity contribution is 7.80. The highest BCUT2D eigenvalue weighted by atomic mass is 32.1. The Kier molecular flexibility index (Phi) is 15.5. The molecule has 0 unspecified atom stereocenters. The predicted octanol–water partition coefficient (Wildman–Crippen LogP) is -1.97. The van der Waals surface area contributed by atoms with E-state index in [0.717, 1.165) is 0 Å². The molecule has 0 rings (SSSR count). The lowest BCUT2D eigenvalue weighted by Crippen LogP contribution is -2.49. The normalized spacial score (nSPS) is 11.7. The summed E-state index contributed by atoms with van der Waals surface area (Å²) in [6.07, 6.45) is -0.204. The third-order valence-electron chi connectivity index (χ3n) is 2.72. The number of hydrogen-bond acceptors (Lipinski definition) is 10. The third-order valence-corrected chi connectivity index (χ3v) is 3.29. The first-order valence-electron chi connectivity index (χ1n) is 7.60. The molecule has 0 heterocycles. The van der Waals surface area contributed by atoms with Gasteiger partial charge in [-0.2, -0.15) is 12.6 Å². The van der Waals surface area contributed by atoms with Crippen LogP contribution in [-0.4, -0.2) is 64.3 Å². The molecule has 0 radical (unpaired) electrons. The quantitative estimate of drug-likeness (QED) is 0.131. The monoisotopic (exact) mass is 440 g/mol. The number of carbonyl (C=O) groups excluding carboxylic acids is 3. The Balaban J connectivity index is 0. The minimum Gasteiger partial charge on any atom is -0.480 e. The zero-order valence-electron chi connectivity index (χ0n) is 14.8. The van der Waals surface area contributed by atoms with Crippen molar-refractivity contribution >= 4 is 55.3 Å². The van der Waals surface area contributed by atoms with Crippen molar-refractivity contribution in [3.05, 3.63) is 12.3 Å². The molecular weight excluding hydrogens is 416 g/mol. The first-order valence-corrected chi connectivity index (χ1v) is 8.59. The van der Waals surface area contributed by atoms with Crippen LogP contribution in [0.2, 0.25) is 0 Å². The Morgan fingerprint density at radius 2 is 1.75 bits per heavy atom. The Labute approximate surface area is 172 Å². The lowest BCUT2D eigenvalue weighted by molar-refractivity contribution is -0.139. The summed E-state index contributed by atoms with van der Waals surface area (Å²) < 4.78 is 3.98. The number of thiol groups is 2. The van der Waals surface area contributed by atoms with Crippen LogP contribution in [0, 0.1) is 0 Å². The molecule has 0 aliphatic carbocycles. The SMILES string of the molecule is C=C(N)CC(=O)OS.N[C@@H](CCC(=O)N[C@@H](CS)C(=O)NCC(=O)O)C(=O)O. The maximum atomic E-state index is 11.5. The van der Waals surface area contributed by atoms with Crippen molar-refractivity contribution in [1.29, 1.82) is 0 Å². The Morgan fingerprint density at radius 3 is 2.11 bits per heavy atom. The lowest BCUT2D eigenvalue weighted by atomic mass is 10.1. The molecule has 0 aromatic carbocycles. The Bertz CT molecular complexity index is 588. The van der Waals surface area contributed by atoms with Gasteiger partial charge < -0.3 is 36.5 Å². The number of carboxylic acids is 2. The topological polar surface area (TPSA) is 211 Å². The summed E-state index contributed by atoms with van der Waals surface area (Å²) in [7, 11) is 0. The summed E-state index contributed by atoms with van der Waals surface area (Å²) in [5, 5.41) is 21.4. The molecule has 0 aliphatic rings. The fourth-order valence-corrected chi connectivity index (χ4v) is 1.70. The van der Waals surface area contributed by atoms with E-state index in [1.165, 1.54) is 0 Å². The summed E-state index contributed by atoms with van der Waals surface area (Å²) in [5.74, 6) is -4.19. The van der Waals surface area contributed by atoms with Gasteiger partial charge in [-0.25, -0.2) is 0 Å². The second-order valence-corrected chi connectivity index (χ2v) is 5.74. The van der Waals surface area contributed by atoms with Crippen LogP contribution in [-0.2, 0) is 28.2 Å². The first-order chi connectivity index (χ1) is 12.9. The fourth-order valence-electron chi connectivity index (χ4n) is 1.37. The number of amides is 2. The minimum atomic E-state index is -1.22. The van der Waals surface area contributed by atoms with Gasteiger partial charge in [0.15, 0.2) is 0 Å². The predicted molar refractivity (Wildman–Crippen MR) is 104 cm³/mol. The molecule has 8 N–H and O–H groups in total. The molecule has 14 heteroatoms. The van der Waals surface area contributed by atoms with Crippen LogP contribution < -0.4 is 22.1 Å². The minimum absolute atomic E-state index is 0.0256. The van der Waals surface area contributed by atoms with Gasteiger partial charge in [0, 0.05) is 30.8 Å². The van der Waals surface area contributed by atoms with Crippen molar-refractivity contribution in [3.8, 4) is 0 Å². The fraction of sp³-hybridized carbons (Fsp3) is 0.500. The summed E-state index contributed by atoms with van der Waals surface area (Å²) in [4.78, 5) is 53.9. The van der Waals surface area contributed by atoms with E-state index >= 15 is 0 Å². The molecule has 12 nitrogen and oxygen atoms in total. The highest BCUT2D eigenvalue weighted by Crippen LogP contribution is 1.97. The first kappa shape index (κ1) is 27.8. The van der Waals surface area contributed by atoms with Crippen LogP contribution in [0.5, 0.6) is 0 Å². The molecule has 0 aromatic heterocycles. The average Bonchev–Trinajstić information content (AvgIpc) is 2.61. The second-order valence-electron chi connectivity index (χ2n) is 5.20. The van der Waals surface area contributed by atoms with E-state index < -0.39 is 48.4 Å². The van der Waals surface area contributed by atoms with E-state index in [9.17, 15) is 24.0 Å². The van der Waals surface area contributed by atoms with Gasteiger partial charge in [0.25, 0.3) is 0 Å². The summed E-state index contributed by atoms with van der Waals surface area (Å²) in [6, 6.07) is -2.15. The van der Waals surface area contributed by atoms with E-state index in [-0.39, 0.29) is 30.7 Å². The van der Waals surface area contributed by atoms with Crippen molar-refractivity contribution in [2.45, 2.75) is 31.3 Å². The van der Waals surface area contributed by atoms with E-state index in [1.54, 1.807) is 0 Å². The van der Waals surface area contributed by atoms with E-state index in [1.807, 2.05) is 0 Å². The molecule has 0 saturated heterocycles. The zero-order valence-corrected chi connectivity index (χ0v) is 16.6. The largest absolute Gasteiger partial charge is 0.480 e. The number of rotatable bonds is 11. The number of hydrogen-bond donors (Lipinski definition) is 8. The molecule has 0 aliphatic heterocycles. The van der Waals surface area contributed by atoms with Crippen molar-refractivity contribution in [2.24, 2.45) is 11.5 Å². The van der Waals surface area contributed by atoms with Crippen LogP contribution in [0.25, 0.3) is 0 Å². The van der Waals surface area contributed by atoms with Gasteiger partial charge in [-0.1, -0.05) is 6.58 Å². The Morgan fingerprint density at radius 1 is 1.18 bits per heavy atom. The van der Waals surface area contributed by atoms with Crippen LogP contribution in [0.1, 0.15) is 19.3 Å². The van der Waals surface area contributed by atoms with Crippen molar-refractivity contribution in [1.82, 2.24) is 10.6 Å². The van der Waals surface area contributed by atoms with Crippen molar-refractivity contribution in [3.63, 3.8) is 0 Å². The van der Waals surface area contributed by atoms with Crippen molar-refractivity contribution in [2.75, 3.05) is 12.3 Å².